The summed E-state index contributed by atoms with van der Waals surface area (Å²) in [6, 6.07) is 12.4. The molecule has 2 aromatic carbocycles. The lowest BCUT2D eigenvalue weighted by molar-refractivity contribution is -0.116. The lowest BCUT2D eigenvalue weighted by Gasteiger charge is -2.14. The summed E-state index contributed by atoms with van der Waals surface area (Å²) >= 11 is 0. The van der Waals surface area contributed by atoms with E-state index in [4.69, 9.17) is 0 Å². The van der Waals surface area contributed by atoms with Gasteiger partial charge < -0.3 is 10.2 Å². The Morgan fingerprint density at radius 3 is 2.69 bits per heavy atom. The summed E-state index contributed by atoms with van der Waals surface area (Å²) in [5, 5.41) is 2.73. The molecule has 0 unspecified atom stereocenters. The first-order chi connectivity index (χ1) is 12.5. The van der Waals surface area contributed by atoms with Crippen LogP contribution < -0.4 is 10.2 Å². The van der Waals surface area contributed by atoms with Gasteiger partial charge >= 0.3 is 0 Å². The van der Waals surface area contributed by atoms with Gasteiger partial charge in [-0.05, 0) is 35.9 Å². The fourth-order valence-electron chi connectivity index (χ4n) is 2.48. The fraction of sp³-hybridized carbons (Fsp3) is 0.150. The Labute approximate surface area is 151 Å². The summed E-state index contributed by atoms with van der Waals surface area (Å²) in [5.74, 6) is -0.596. The number of carbonyl (C=O) groups excluding carboxylic acids is 1. The van der Waals surface area contributed by atoms with Gasteiger partial charge in [0, 0.05) is 26.7 Å². The molecule has 132 valence electrons. The number of anilines is 1. The summed E-state index contributed by atoms with van der Waals surface area (Å²) in [6.45, 7) is 0.247. The maximum absolute atomic E-state index is 13.9. The first-order valence-corrected chi connectivity index (χ1v) is 8.16. The Hall–Kier alpha value is -3.28. The molecular formula is C20H19FN4O. The van der Waals surface area contributed by atoms with Crippen molar-refractivity contribution in [3.8, 4) is 0 Å². The van der Waals surface area contributed by atoms with Crippen molar-refractivity contribution in [2.75, 3.05) is 19.0 Å². The molecule has 0 fully saturated rings. The van der Waals surface area contributed by atoms with E-state index in [1.54, 1.807) is 43.4 Å². The first-order valence-electron chi connectivity index (χ1n) is 8.16. The predicted molar refractivity (Wildman–Crippen MR) is 101 cm³/mol. The second kappa shape index (κ2) is 7.74. The molecule has 1 N–H and O–H groups in total. The summed E-state index contributed by atoms with van der Waals surface area (Å²) in [7, 11) is 3.56. The van der Waals surface area contributed by atoms with Crippen molar-refractivity contribution in [1.82, 2.24) is 15.3 Å². The highest BCUT2D eigenvalue weighted by Crippen LogP contribution is 2.18. The Morgan fingerprint density at radius 2 is 1.96 bits per heavy atom. The topological polar surface area (TPSA) is 58.1 Å². The van der Waals surface area contributed by atoms with Gasteiger partial charge in [-0.3, -0.25) is 9.78 Å². The lowest BCUT2D eigenvalue weighted by Crippen LogP contribution is -2.20. The molecule has 3 rings (SSSR count). The molecule has 0 aliphatic carbocycles. The van der Waals surface area contributed by atoms with Crippen LogP contribution in [-0.4, -0.2) is 30.0 Å². The molecule has 1 amide bonds. The minimum absolute atomic E-state index is 0.247. The van der Waals surface area contributed by atoms with Crippen molar-refractivity contribution >= 4 is 28.7 Å². The van der Waals surface area contributed by atoms with E-state index in [0.717, 1.165) is 11.0 Å². The van der Waals surface area contributed by atoms with E-state index < -0.39 is 0 Å². The Bertz CT molecular complexity index is 969. The van der Waals surface area contributed by atoms with E-state index in [-0.39, 0.29) is 18.3 Å². The minimum atomic E-state index is -0.316. The van der Waals surface area contributed by atoms with Crippen LogP contribution in [0.25, 0.3) is 17.1 Å². The maximum Gasteiger partial charge on any atom is 0.244 e. The zero-order valence-electron chi connectivity index (χ0n) is 14.6. The second-order valence-corrected chi connectivity index (χ2v) is 6.01. The van der Waals surface area contributed by atoms with E-state index >= 15 is 0 Å². The van der Waals surface area contributed by atoms with Crippen molar-refractivity contribution in [2.24, 2.45) is 0 Å². The summed E-state index contributed by atoms with van der Waals surface area (Å²) in [5.41, 5.74) is 3.37. The highest BCUT2D eigenvalue weighted by atomic mass is 19.1. The molecule has 5 nitrogen and oxygen atoms in total. The zero-order valence-corrected chi connectivity index (χ0v) is 14.6. The van der Waals surface area contributed by atoms with Crippen LogP contribution in [0.3, 0.4) is 0 Å². The number of hydrogen-bond acceptors (Lipinski definition) is 4. The third-order valence-electron chi connectivity index (χ3n) is 3.83. The van der Waals surface area contributed by atoms with E-state index in [1.165, 1.54) is 12.1 Å². The number of carbonyl (C=O) groups is 1. The van der Waals surface area contributed by atoms with Gasteiger partial charge in [0.2, 0.25) is 5.91 Å². The number of benzene rings is 2. The van der Waals surface area contributed by atoms with Gasteiger partial charge in [0.25, 0.3) is 0 Å². The van der Waals surface area contributed by atoms with Crippen LogP contribution in [0.2, 0.25) is 0 Å². The summed E-state index contributed by atoms with van der Waals surface area (Å²) < 4.78 is 13.9. The Kier molecular flexibility index (Phi) is 5.22. The van der Waals surface area contributed by atoms with Gasteiger partial charge in [-0.1, -0.05) is 18.2 Å². The molecule has 0 radical (unpaired) electrons. The van der Waals surface area contributed by atoms with Gasteiger partial charge in [-0.15, -0.1) is 0 Å². The summed E-state index contributed by atoms with van der Waals surface area (Å²) in [6.07, 6.45) is 4.61. The molecule has 1 aromatic heterocycles. The molecule has 0 aliphatic heterocycles. The Morgan fingerprint density at radius 1 is 1.19 bits per heavy atom. The van der Waals surface area contributed by atoms with Crippen molar-refractivity contribution in [2.45, 2.75) is 6.54 Å². The average Bonchev–Trinajstić information content (AvgIpc) is 2.64. The van der Waals surface area contributed by atoms with Crippen LogP contribution in [0.4, 0.5) is 10.1 Å². The van der Waals surface area contributed by atoms with Gasteiger partial charge in [-0.2, -0.15) is 0 Å². The van der Waals surface area contributed by atoms with Crippen LogP contribution in [0.1, 0.15) is 11.3 Å². The average molecular weight is 350 g/mol. The van der Waals surface area contributed by atoms with Crippen molar-refractivity contribution in [3.63, 3.8) is 0 Å². The largest absolute Gasteiger partial charge is 0.375 e. The zero-order chi connectivity index (χ0) is 18.5. The number of nitrogens with zero attached hydrogens (tertiary/aromatic N) is 3. The number of para-hydroxylation sites is 2. The molecule has 3 aromatic rings. The number of halogens is 1. The molecule has 1 heterocycles. The normalized spacial score (nSPS) is 11.0. The molecule has 0 saturated carbocycles. The second-order valence-electron chi connectivity index (χ2n) is 6.01. The number of rotatable bonds is 5. The highest BCUT2D eigenvalue weighted by molar-refractivity contribution is 5.91. The number of fused-ring (bicyclic) bond motifs is 1. The highest BCUT2D eigenvalue weighted by Gasteiger charge is 2.06. The standard InChI is InChI=1S/C20H19FN4O/c1-25(2)19-9-7-14(11-16(19)21)12-23-20(26)10-8-15-13-22-17-5-3-4-6-18(17)24-15/h3-11,13H,12H2,1-2H3,(H,23,26)/b10-8+. The number of aromatic nitrogens is 2. The van der Waals surface area contributed by atoms with Gasteiger partial charge in [0.1, 0.15) is 5.82 Å². The molecular weight excluding hydrogens is 331 g/mol. The fourth-order valence-corrected chi connectivity index (χ4v) is 2.48. The van der Waals surface area contributed by atoms with E-state index in [1.807, 2.05) is 24.3 Å². The van der Waals surface area contributed by atoms with Crippen LogP contribution in [-0.2, 0) is 11.3 Å². The lowest BCUT2D eigenvalue weighted by atomic mass is 10.2. The first kappa shape index (κ1) is 17.5. The molecule has 0 atom stereocenters. The quantitative estimate of drug-likeness (QED) is 0.718. The van der Waals surface area contributed by atoms with Crippen LogP contribution in [0.5, 0.6) is 0 Å². The van der Waals surface area contributed by atoms with Crippen LogP contribution >= 0.6 is 0 Å². The molecule has 0 saturated heterocycles. The van der Waals surface area contributed by atoms with Crippen LogP contribution in [0.15, 0.2) is 54.7 Å². The van der Waals surface area contributed by atoms with Crippen LogP contribution in [0, 0.1) is 5.82 Å². The van der Waals surface area contributed by atoms with Gasteiger partial charge in [0.15, 0.2) is 0 Å². The number of hydrogen-bond donors (Lipinski definition) is 1. The maximum atomic E-state index is 13.9. The molecule has 0 aliphatic rings. The number of amides is 1. The van der Waals surface area contributed by atoms with Crippen molar-refractivity contribution in [3.05, 3.63) is 71.8 Å². The smallest absolute Gasteiger partial charge is 0.244 e. The SMILES string of the molecule is CN(C)c1ccc(CNC(=O)/C=C/c2cnc3ccccc3n2)cc1F. The van der Waals surface area contributed by atoms with E-state index in [0.29, 0.717) is 16.9 Å². The molecule has 0 bridgehead atoms. The minimum Gasteiger partial charge on any atom is -0.375 e. The number of nitrogens with one attached hydrogen (secondary N) is 1. The molecule has 26 heavy (non-hydrogen) atoms. The summed E-state index contributed by atoms with van der Waals surface area (Å²) in [4.78, 5) is 22.4. The third-order valence-corrected chi connectivity index (χ3v) is 3.83. The third kappa shape index (κ3) is 4.22. The van der Waals surface area contributed by atoms with Crippen molar-refractivity contribution < 1.29 is 9.18 Å². The van der Waals surface area contributed by atoms with Gasteiger partial charge in [-0.25, -0.2) is 9.37 Å². The Balaban J connectivity index is 1.61. The van der Waals surface area contributed by atoms with E-state index in [9.17, 15) is 9.18 Å². The monoisotopic (exact) mass is 350 g/mol. The van der Waals surface area contributed by atoms with Crippen molar-refractivity contribution in [1.29, 1.82) is 0 Å². The molecule has 0 spiro atoms. The van der Waals surface area contributed by atoms with E-state index in [2.05, 4.69) is 15.3 Å². The molecule has 6 heteroatoms. The predicted octanol–water partition coefficient (Wildman–Crippen LogP) is 3.16. The van der Waals surface area contributed by atoms with Gasteiger partial charge in [0.05, 0.1) is 28.6 Å².